The van der Waals surface area contributed by atoms with Crippen LogP contribution in [0.2, 0.25) is 0 Å². The Hall–Kier alpha value is -3.66. The predicted octanol–water partition coefficient (Wildman–Crippen LogP) is 5.94. The molecule has 0 saturated heterocycles. The quantitative estimate of drug-likeness (QED) is 0.345. The van der Waals surface area contributed by atoms with Crippen LogP contribution in [0.4, 0.5) is 0 Å². The van der Waals surface area contributed by atoms with Crippen LogP contribution in [-0.4, -0.2) is 26.2 Å². The maximum atomic E-state index is 13.1. The molecular formula is C31H28O4. The summed E-state index contributed by atoms with van der Waals surface area (Å²) >= 11 is 0. The van der Waals surface area contributed by atoms with Gasteiger partial charge in [0.2, 0.25) is 0 Å². The van der Waals surface area contributed by atoms with Crippen molar-refractivity contribution in [3.8, 4) is 0 Å². The van der Waals surface area contributed by atoms with Crippen molar-refractivity contribution < 1.29 is 19.1 Å². The first kappa shape index (κ1) is 21.8. The molecule has 0 N–H and O–H groups in total. The average Bonchev–Trinajstić information content (AvgIpc) is 2.88. The zero-order valence-electron chi connectivity index (χ0n) is 20.0. The van der Waals surface area contributed by atoms with Gasteiger partial charge in [-0.2, -0.15) is 0 Å². The fourth-order valence-electron chi connectivity index (χ4n) is 6.67. The molecule has 4 unspecified atom stereocenters. The summed E-state index contributed by atoms with van der Waals surface area (Å²) in [4.78, 5) is 26.3. The SMILES string of the molecule is COC(=O)C1C(C(=O)OC)C2c3cccc4c(cccc34)CCCc3cccc4c(cccc34)C12. The maximum Gasteiger partial charge on any atom is 0.310 e. The average molecular weight is 465 g/mol. The molecule has 35 heavy (non-hydrogen) atoms. The Kier molecular flexibility index (Phi) is 5.32. The number of esters is 2. The van der Waals surface area contributed by atoms with E-state index in [-0.39, 0.29) is 23.8 Å². The lowest BCUT2D eigenvalue weighted by atomic mass is 9.51. The van der Waals surface area contributed by atoms with Crippen molar-refractivity contribution in [3.63, 3.8) is 0 Å². The third-order valence-corrected chi connectivity index (χ3v) is 8.20. The van der Waals surface area contributed by atoms with Crippen LogP contribution in [0.25, 0.3) is 21.5 Å². The van der Waals surface area contributed by atoms with Gasteiger partial charge in [-0.15, -0.1) is 0 Å². The minimum Gasteiger partial charge on any atom is -0.469 e. The van der Waals surface area contributed by atoms with Crippen molar-refractivity contribution in [2.45, 2.75) is 31.1 Å². The Bertz CT molecular complexity index is 1360. The van der Waals surface area contributed by atoms with Gasteiger partial charge in [0.25, 0.3) is 0 Å². The topological polar surface area (TPSA) is 52.6 Å². The van der Waals surface area contributed by atoms with Gasteiger partial charge in [0.1, 0.15) is 0 Å². The zero-order chi connectivity index (χ0) is 24.1. The number of rotatable bonds is 2. The summed E-state index contributed by atoms with van der Waals surface area (Å²) in [5.41, 5.74) is 4.82. The summed E-state index contributed by atoms with van der Waals surface area (Å²) in [6.45, 7) is 0. The fourth-order valence-corrected chi connectivity index (χ4v) is 6.67. The Morgan fingerprint density at radius 2 is 1.00 bits per heavy atom. The molecule has 0 spiro atoms. The number of benzene rings is 4. The zero-order valence-corrected chi connectivity index (χ0v) is 20.0. The van der Waals surface area contributed by atoms with Gasteiger partial charge in [0, 0.05) is 11.8 Å². The largest absolute Gasteiger partial charge is 0.469 e. The molecule has 2 aliphatic rings. The fraction of sp³-hybridized carbons (Fsp3) is 0.290. The van der Waals surface area contributed by atoms with Gasteiger partial charge in [0.05, 0.1) is 26.1 Å². The maximum absolute atomic E-state index is 13.1. The van der Waals surface area contributed by atoms with Crippen molar-refractivity contribution in [2.75, 3.05) is 14.2 Å². The van der Waals surface area contributed by atoms with Crippen molar-refractivity contribution in [2.24, 2.45) is 11.8 Å². The van der Waals surface area contributed by atoms with E-state index >= 15 is 0 Å². The van der Waals surface area contributed by atoms with Crippen molar-refractivity contribution in [3.05, 3.63) is 95.1 Å². The van der Waals surface area contributed by atoms with E-state index < -0.39 is 11.8 Å². The second kappa shape index (κ2) is 8.53. The van der Waals surface area contributed by atoms with E-state index in [2.05, 4.69) is 72.8 Å². The van der Waals surface area contributed by atoms with Crippen LogP contribution < -0.4 is 0 Å². The van der Waals surface area contributed by atoms with E-state index in [1.54, 1.807) is 0 Å². The minimum absolute atomic E-state index is 0.194. The molecule has 4 heteroatoms. The van der Waals surface area contributed by atoms with E-state index in [1.165, 1.54) is 36.1 Å². The highest BCUT2D eigenvalue weighted by Crippen LogP contribution is 2.60. The van der Waals surface area contributed by atoms with Gasteiger partial charge < -0.3 is 9.47 Å². The van der Waals surface area contributed by atoms with Gasteiger partial charge >= 0.3 is 11.9 Å². The van der Waals surface area contributed by atoms with Crippen LogP contribution in [0.3, 0.4) is 0 Å². The van der Waals surface area contributed by atoms with E-state index in [4.69, 9.17) is 9.47 Å². The Morgan fingerprint density at radius 1 is 0.600 bits per heavy atom. The number of ether oxygens (including phenoxy) is 2. The van der Waals surface area contributed by atoms with Crippen LogP contribution >= 0.6 is 0 Å². The number of aryl methyl sites for hydroxylation is 2. The number of carbonyl (C=O) groups excluding carboxylic acids is 2. The van der Waals surface area contributed by atoms with Gasteiger partial charge in [-0.3, -0.25) is 9.59 Å². The summed E-state index contributed by atoms with van der Waals surface area (Å²) in [7, 11) is 2.80. The van der Waals surface area contributed by atoms with Gasteiger partial charge in [-0.1, -0.05) is 72.8 Å². The Balaban J connectivity index is 1.68. The van der Waals surface area contributed by atoms with Crippen LogP contribution in [0.5, 0.6) is 0 Å². The van der Waals surface area contributed by atoms with Gasteiger partial charge in [0.15, 0.2) is 0 Å². The molecule has 6 rings (SSSR count). The molecule has 176 valence electrons. The summed E-state index contributed by atoms with van der Waals surface area (Å²) < 4.78 is 10.5. The highest BCUT2D eigenvalue weighted by molar-refractivity contribution is 5.95. The molecular weight excluding hydrogens is 436 g/mol. The standard InChI is InChI=1S/C31H28O4/c1-34-30(32)28-26-24-16-6-12-20-18(10-4-14-22(20)24)8-3-9-19-11-5-15-23-21(19)13-7-17-25(23)27(26)29(28)31(33)35-2/h4-7,10-17,26-29H,3,8-9H2,1-2H3. The molecule has 4 aromatic carbocycles. The Morgan fingerprint density at radius 3 is 1.43 bits per heavy atom. The highest BCUT2D eigenvalue weighted by Gasteiger charge is 2.60. The molecule has 0 radical (unpaired) electrons. The summed E-state index contributed by atoms with van der Waals surface area (Å²) in [6, 6.07) is 25.7. The second-order valence-corrected chi connectivity index (χ2v) is 9.72. The molecule has 0 aromatic heterocycles. The molecule has 8 bridgehead atoms. The first-order valence-corrected chi connectivity index (χ1v) is 12.3. The van der Waals surface area contributed by atoms with Crippen molar-refractivity contribution in [1.82, 2.24) is 0 Å². The van der Waals surface area contributed by atoms with E-state index in [0.29, 0.717) is 0 Å². The lowest BCUT2D eigenvalue weighted by molar-refractivity contribution is -0.168. The van der Waals surface area contributed by atoms with Crippen LogP contribution in [0.1, 0.15) is 40.5 Å². The Labute approximate surface area is 204 Å². The number of fused-ring (bicyclic) bond motifs is 3. The lowest BCUT2D eigenvalue weighted by Crippen LogP contribution is -2.52. The minimum atomic E-state index is -0.602. The van der Waals surface area contributed by atoms with E-state index in [0.717, 1.165) is 41.2 Å². The number of hydrogen-bond acceptors (Lipinski definition) is 4. The smallest absolute Gasteiger partial charge is 0.310 e. The van der Waals surface area contributed by atoms with Crippen molar-refractivity contribution >= 4 is 33.5 Å². The molecule has 0 heterocycles. The second-order valence-electron chi connectivity index (χ2n) is 9.72. The third-order valence-electron chi connectivity index (χ3n) is 8.20. The first-order chi connectivity index (χ1) is 17.1. The van der Waals surface area contributed by atoms with Gasteiger partial charge in [-0.05, 0) is 63.1 Å². The number of hydrogen-bond donors (Lipinski definition) is 0. The molecule has 2 aliphatic carbocycles. The first-order valence-electron chi connectivity index (χ1n) is 12.3. The highest BCUT2D eigenvalue weighted by atomic mass is 16.5. The summed E-state index contributed by atoms with van der Waals surface area (Å²) in [6.07, 6.45) is 3.02. The molecule has 1 saturated carbocycles. The number of carbonyl (C=O) groups is 2. The summed E-state index contributed by atoms with van der Waals surface area (Å²) in [5, 5.41) is 4.74. The van der Waals surface area contributed by atoms with E-state index in [1.807, 2.05) is 0 Å². The van der Waals surface area contributed by atoms with E-state index in [9.17, 15) is 9.59 Å². The molecule has 1 fully saturated rings. The lowest BCUT2D eigenvalue weighted by Gasteiger charge is -2.50. The van der Waals surface area contributed by atoms with Gasteiger partial charge in [-0.25, -0.2) is 0 Å². The van der Waals surface area contributed by atoms with Crippen LogP contribution in [0, 0.1) is 11.8 Å². The predicted molar refractivity (Wildman–Crippen MR) is 136 cm³/mol. The molecule has 4 nitrogen and oxygen atoms in total. The molecule has 0 aliphatic heterocycles. The monoisotopic (exact) mass is 464 g/mol. The molecule has 0 amide bonds. The van der Waals surface area contributed by atoms with Crippen LogP contribution in [-0.2, 0) is 31.9 Å². The third kappa shape index (κ3) is 3.27. The summed E-state index contributed by atoms with van der Waals surface area (Å²) in [5.74, 6) is -2.31. The molecule has 4 aromatic rings. The van der Waals surface area contributed by atoms with Crippen molar-refractivity contribution in [1.29, 1.82) is 0 Å². The normalized spacial score (nSPS) is 23.0. The van der Waals surface area contributed by atoms with Crippen LogP contribution in [0.15, 0.2) is 72.8 Å². The number of methoxy groups -OCH3 is 2. The molecule has 4 atom stereocenters.